The number of benzene rings is 2. The number of aromatic amines is 1. The second kappa shape index (κ2) is 5.96. The van der Waals surface area contributed by atoms with E-state index in [0.29, 0.717) is 10.9 Å². The van der Waals surface area contributed by atoms with Crippen LogP contribution in [-0.4, -0.2) is 16.0 Å². The van der Waals surface area contributed by atoms with Crippen molar-refractivity contribution in [3.05, 3.63) is 57.6 Å². The molecule has 2 N–H and O–H groups in total. The molecule has 0 spiro atoms. The van der Waals surface area contributed by atoms with Gasteiger partial charge >= 0.3 is 0 Å². The molecule has 3 rings (SSSR count). The van der Waals surface area contributed by atoms with E-state index in [1.54, 1.807) is 18.2 Å². The number of aromatic nitrogens is 1. The molecule has 23 heavy (non-hydrogen) atoms. The molecule has 6 heteroatoms. The second-order valence-electron chi connectivity index (χ2n) is 5.34. The molecule has 0 saturated carbocycles. The highest BCUT2D eigenvalue weighted by Crippen LogP contribution is 2.37. The van der Waals surface area contributed by atoms with Crippen molar-refractivity contribution in [2.24, 2.45) is 10.2 Å². The minimum absolute atomic E-state index is 0.113. The predicted molar refractivity (Wildman–Crippen MR) is 92.4 cm³/mol. The highest BCUT2D eigenvalue weighted by atomic mass is 79.9. The van der Waals surface area contributed by atoms with Gasteiger partial charge < -0.3 is 10.1 Å². The Morgan fingerprint density at radius 1 is 1.22 bits per heavy atom. The molecule has 0 atom stereocenters. The summed E-state index contributed by atoms with van der Waals surface area (Å²) in [5, 5.41) is 18.4. The largest absolute Gasteiger partial charge is 0.493 e. The molecule has 1 heterocycles. The number of H-pyrrole nitrogens is 1. The number of azo groups is 1. The Morgan fingerprint density at radius 3 is 2.74 bits per heavy atom. The van der Waals surface area contributed by atoms with Crippen LogP contribution in [-0.2, 0) is 0 Å². The van der Waals surface area contributed by atoms with Crippen molar-refractivity contribution < 1.29 is 9.90 Å². The Hall–Kier alpha value is -2.47. The number of halogens is 1. The van der Waals surface area contributed by atoms with E-state index in [4.69, 9.17) is 0 Å². The summed E-state index contributed by atoms with van der Waals surface area (Å²) in [4.78, 5) is 14.9. The van der Waals surface area contributed by atoms with E-state index in [1.807, 2.05) is 32.0 Å². The summed E-state index contributed by atoms with van der Waals surface area (Å²) in [5.74, 6) is -0.561. The zero-order valence-corrected chi connectivity index (χ0v) is 14.2. The van der Waals surface area contributed by atoms with E-state index in [9.17, 15) is 9.90 Å². The highest BCUT2D eigenvalue weighted by molar-refractivity contribution is 9.10. The number of carbonyl (C=O) groups excluding carboxylic acids is 1. The molecule has 3 aromatic rings. The van der Waals surface area contributed by atoms with Crippen molar-refractivity contribution in [2.45, 2.75) is 13.8 Å². The molecule has 0 aliphatic heterocycles. The lowest BCUT2D eigenvalue weighted by Gasteiger charge is -1.98. The van der Waals surface area contributed by atoms with Crippen LogP contribution >= 0.6 is 15.9 Å². The van der Waals surface area contributed by atoms with Gasteiger partial charge in [-0.15, -0.1) is 10.2 Å². The Morgan fingerprint density at radius 2 is 2.00 bits per heavy atom. The fraction of sp³-hybridized carbons (Fsp3) is 0.118. The number of carbonyl (C=O) groups is 1. The second-order valence-corrected chi connectivity index (χ2v) is 6.20. The predicted octanol–water partition coefficient (Wildman–Crippen LogP) is 5.18. The van der Waals surface area contributed by atoms with Gasteiger partial charge in [0.1, 0.15) is 0 Å². The van der Waals surface area contributed by atoms with Gasteiger partial charge in [0, 0.05) is 15.4 Å². The molecule has 0 radical (unpaired) electrons. The van der Waals surface area contributed by atoms with Gasteiger partial charge in [-0.2, -0.15) is 0 Å². The van der Waals surface area contributed by atoms with Gasteiger partial charge in [-0.05, 0) is 43.7 Å². The standard InChI is InChI=1S/C17H14BrN3O2/c1-9-4-3-5-11(6-9)16(22)21-20-15-12-7-10(2)13(18)8-14(12)19-17(15)23/h3-8,19,23H,1-2H3. The summed E-state index contributed by atoms with van der Waals surface area (Å²) in [7, 11) is 0. The molecule has 0 aliphatic rings. The maximum absolute atomic E-state index is 12.1. The van der Waals surface area contributed by atoms with Crippen LogP contribution in [0.25, 0.3) is 10.9 Å². The van der Waals surface area contributed by atoms with Crippen molar-refractivity contribution in [2.75, 3.05) is 0 Å². The third kappa shape index (κ3) is 3.03. The number of amides is 1. The first kappa shape index (κ1) is 15.4. The Bertz CT molecular complexity index is 944. The molecular weight excluding hydrogens is 358 g/mol. The Kier molecular flexibility index (Phi) is 4.00. The minimum Gasteiger partial charge on any atom is -0.493 e. The molecule has 0 fully saturated rings. The molecule has 0 bridgehead atoms. The smallest absolute Gasteiger partial charge is 0.295 e. The number of aryl methyl sites for hydroxylation is 2. The van der Waals surface area contributed by atoms with Crippen LogP contribution in [0.15, 0.2) is 51.1 Å². The lowest BCUT2D eigenvalue weighted by molar-refractivity contribution is 0.0995. The monoisotopic (exact) mass is 371 g/mol. The van der Waals surface area contributed by atoms with Gasteiger partial charge in [-0.25, -0.2) is 0 Å². The topological polar surface area (TPSA) is 77.8 Å². The van der Waals surface area contributed by atoms with Gasteiger partial charge in [0.2, 0.25) is 5.88 Å². The molecule has 1 amide bonds. The van der Waals surface area contributed by atoms with Gasteiger partial charge in [-0.3, -0.25) is 4.79 Å². The molecule has 0 unspecified atom stereocenters. The van der Waals surface area contributed by atoms with Crippen LogP contribution in [0.5, 0.6) is 5.88 Å². The normalized spacial score (nSPS) is 11.4. The molecule has 1 aromatic heterocycles. The van der Waals surface area contributed by atoms with Crippen LogP contribution in [0.4, 0.5) is 5.69 Å². The van der Waals surface area contributed by atoms with Gasteiger partial charge in [0.15, 0.2) is 5.69 Å². The SMILES string of the molecule is Cc1cccc(C(=O)N=Nc2c(O)[nH]c3cc(Br)c(C)cc23)c1. The lowest BCUT2D eigenvalue weighted by atomic mass is 10.1. The van der Waals surface area contributed by atoms with Gasteiger partial charge in [-0.1, -0.05) is 33.6 Å². The summed E-state index contributed by atoms with van der Waals surface area (Å²) < 4.78 is 0.922. The first-order valence-electron chi connectivity index (χ1n) is 6.99. The first-order chi connectivity index (χ1) is 11.0. The van der Waals surface area contributed by atoms with E-state index >= 15 is 0 Å². The highest BCUT2D eigenvalue weighted by Gasteiger charge is 2.13. The van der Waals surface area contributed by atoms with E-state index in [-0.39, 0.29) is 11.6 Å². The molecule has 0 saturated heterocycles. The van der Waals surface area contributed by atoms with Crippen molar-refractivity contribution in [3.63, 3.8) is 0 Å². The summed E-state index contributed by atoms with van der Waals surface area (Å²) in [6.45, 7) is 3.84. The van der Waals surface area contributed by atoms with Gasteiger partial charge in [0.25, 0.3) is 5.91 Å². The quantitative estimate of drug-likeness (QED) is 0.608. The third-order valence-corrected chi connectivity index (χ3v) is 4.39. The number of aromatic hydroxyl groups is 1. The molecule has 5 nitrogen and oxygen atoms in total. The number of nitrogens with one attached hydrogen (secondary N) is 1. The zero-order chi connectivity index (χ0) is 16.6. The van der Waals surface area contributed by atoms with E-state index < -0.39 is 5.91 Å². The summed E-state index contributed by atoms with van der Waals surface area (Å²) in [6.07, 6.45) is 0. The minimum atomic E-state index is -0.448. The van der Waals surface area contributed by atoms with Crippen molar-refractivity contribution in [3.8, 4) is 5.88 Å². The third-order valence-electron chi connectivity index (χ3n) is 3.54. The Labute approximate surface area is 141 Å². The van der Waals surface area contributed by atoms with Crippen LogP contribution in [0.2, 0.25) is 0 Å². The molecular formula is C17H14BrN3O2. The van der Waals surface area contributed by atoms with Crippen LogP contribution < -0.4 is 0 Å². The average molecular weight is 372 g/mol. The van der Waals surface area contributed by atoms with Crippen molar-refractivity contribution in [1.82, 2.24) is 4.98 Å². The molecule has 0 aliphatic carbocycles. The number of hydrogen-bond acceptors (Lipinski definition) is 3. The fourth-order valence-corrected chi connectivity index (χ4v) is 2.67. The molecule has 116 valence electrons. The lowest BCUT2D eigenvalue weighted by Crippen LogP contribution is -1.93. The van der Waals surface area contributed by atoms with E-state index in [1.165, 1.54) is 0 Å². The first-order valence-corrected chi connectivity index (χ1v) is 7.78. The number of rotatable bonds is 2. The summed E-state index contributed by atoms with van der Waals surface area (Å²) >= 11 is 3.44. The maximum atomic E-state index is 12.1. The number of hydrogen-bond donors (Lipinski definition) is 2. The van der Waals surface area contributed by atoms with E-state index in [2.05, 4.69) is 31.1 Å². The number of fused-ring (bicyclic) bond motifs is 1. The summed E-state index contributed by atoms with van der Waals surface area (Å²) in [6, 6.07) is 10.9. The molecule has 2 aromatic carbocycles. The zero-order valence-electron chi connectivity index (χ0n) is 12.6. The van der Waals surface area contributed by atoms with Crippen LogP contribution in [0.3, 0.4) is 0 Å². The Balaban J connectivity index is 1.99. The van der Waals surface area contributed by atoms with Crippen LogP contribution in [0.1, 0.15) is 21.5 Å². The fourth-order valence-electron chi connectivity index (χ4n) is 2.33. The summed E-state index contributed by atoms with van der Waals surface area (Å²) in [5.41, 5.74) is 3.42. The van der Waals surface area contributed by atoms with Crippen molar-refractivity contribution in [1.29, 1.82) is 0 Å². The van der Waals surface area contributed by atoms with Crippen molar-refractivity contribution >= 4 is 38.4 Å². The maximum Gasteiger partial charge on any atom is 0.295 e. The van der Waals surface area contributed by atoms with Gasteiger partial charge in [0.05, 0.1) is 5.52 Å². The average Bonchev–Trinajstić information content (AvgIpc) is 2.80. The number of nitrogens with zero attached hydrogens (tertiary/aromatic N) is 2. The van der Waals surface area contributed by atoms with E-state index in [0.717, 1.165) is 21.1 Å². The van der Waals surface area contributed by atoms with Crippen LogP contribution in [0, 0.1) is 13.8 Å².